The molecule has 1 amide bonds. The number of carbonyl (C=O) groups excluding carboxylic acids is 1. The van der Waals surface area contributed by atoms with Crippen molar-refractivity contribution < 1.29 is 14.6 Å². The zero-order valence-electron chi connectivity index (χ0n) is 20.1. The third kappa shape index (κ3) is 3.82. The second-order valence-electron chi connectivity index (χ2n) is 9.56. The molecule has 2 saturated heterocycles. The fourth-order valence-corrected chi connectivity index (χ4v) is 5.60. The lowest BCUT2D eigenvalue weighted by molar-refractivity contribution is -0.130. The average molecular weight is 488 g/mol. The molecule has 186 valence electrons. The number of benzene rings is 1. The van der Waals surface area contributed by atoms with Gasteiger partial charge in [-0.05, 0) is 43.0 Å². The first kappa shape index (κ1) is 22.7. The van der Waals surface area contributed by atoms with E-state index in [4.69, 9.17) is 10.5 Å². The maximum absolute atomic E-state index is 12.2. The molecule has 10 heteroatoms. The number of nitrogen functional groups attached to an aromatic ring is 1. The van der Waals surface area contributed by atoms with E-state index in [0.29, 0.717) is 18.8 Å². The van der Waals surface area contributed by atoms with Crippen molar-refractivity contribution >= 4 is 17.2 Å². The number of β-amino-alcohol motifs (C(OH)–C–C–N with tert-alkyl or cyclic N) is 1. The van der Waals surface area contributed by atoms with Crippen LogP contribution >= 0.6 is 0 Å². The van der Waals surface area contributed by atoms with Crippen molar-refractivity contribution in [2.45, 2.75) is 44.4 Å². The summed E-state index contributed by atoms with van der Waals surface area (Å²) < 4.78 is 9.44. The lowest BCUT2D eigenvalue weighted by atomic mass is 10.00. The first-order chi connectivity index (χ1) is 17.5. The second kappa shape index (κ2) is 9.03. The largest absolute Gasteiger partial charge is 0.391 e. The lowest BCUT2D eigenvalue weighted by Gasteiger charge is -2.24. The summed E-state index contributed by atoms with van der Waals surface area (Å²) in [5, 5.41) is 19.4. The molecule has 3 aromatic heterocycles. The summed E-state index contributed by atoms with van der Waals surface area (Å²) in [6.45, 7) is 3.33. The maximum Gasteiger partial charge on any atom is 0.220 e. The number of fused-ring (bicyclic) bond motifs is 1. The molecule has 2 atom stereocenters. The Kier molecular flexibility index (Phi) is 5.69. The molecule has 0 spiro atoms. The van der Waals surface area contributed by atoms with Crippen molar-refractivity contribution in [1.29, 1.82) is 0 Å². The van der Waals surface area contributed by atoms with Crippen LogP contribution < -0.4 is 5.73 Å². The van der Waals surface area contributed by atoms with Crippen LogP contribution in [0.4, 0.5) is 5.82 Å². The Balaban J connectivity index is 1.47. The van der Waals surface area contributed by atoms with Crippen LogP contribution in [0.5, 0.6) is 0 Å². The SMILES string of the molecule is CC(=O)N1C[C@@H](O)C[C@H]1c1cccc(-c2cc(-c3ccnn3C3CCOCC3)c3c(N)ncnn23)c1. The number of hydrogen-bond donors (Lipinski definition) is 2. The van der Waals surface area contributed by atoms with Crippen molar-refractivity contribution in [2.75, 3.05) is 25.5 Å². The van der Waals surface area contributed by atoms with E-state index in [2.05, 4.69) is 32.0 Å². The van der Waals surface area contributed by atoms with Crippen LogP contribution in [-0.4, -0.2) is 66.2 Å². The molecule has 2 fully saturated rings. The van der Waals surface area contributed by atoms with Gasteiger partial charge in [-0.1, -0.05) is 18.2 Å². The van der Waals surface area contributed by atoms with Crippen molar-refractivity contribution in [1.82, 2.24) is 29.3 Å². The first-order valence-corrected chi connectivity index (χ1v) is 12.3. The normalized spacial score (nSPS) is 20.9. The van der Waals surface area contributed by atoms with Crippen molar-refractivity contribution in [3.63, 3.8) is 0 Å². The molecule has 6 rings (SSSR count). The topological polar surface area (TPSA) is 124 Å². The Labute approximate surface area is 208 Å². The third-order valence-corrected chi connectivity index (χ3v) is 7.32. The Morgan fingerprint density at radius 3 is 2.78 bits per heavy atom. The Morgan fingerprint density at radius 1 is 1.14 bits per heavy atom. The molecule has 1 aromatic carbocycles. The van der Waals surface area contributed by atoms with Crippen LogP contribution in [-0.2, 0) is 9.53 Å². The van der Waals surface area contributed by atoms with Crippen LogP contribution in [0.1, 0.15) is 43.8 Å². The van der Waals surface area contributed by atoms with Gasteiger partial charge >= 0.3 is 0 Å². The van der Waals surface area contributed by atoms with Gasteiger partial charge in [0.15, 0.2) is 5.82 Å². The molecule has 2 aliphatic heterocycles. The van der Waals surface area contributed by atoms with Crippen LogP contribution in [0.15, 0.2) is 48.9 Å². The minimum Gasteiger partial charge on any atom is -0.391 e. The zero-order chi connectivity index (χ0) is 24.8. The third-order valence-electron chi connectivity index (χ3n) is 7.32. The molecular weight excluding hydrogens is 458 g/mol. The molecule has 0 saturated carbocycles. The van der Waals surface area contributed by atoms with Gasteiger partial charge in [0.1, 0.15) is 11.8 Å². The molecule has 0 unspecified atom stereocenters. The summed E-state index contributed by atoms with van der Waals surface area (Å²) in [6.07, 6.45) is 5.07. The number of ether oxygens (including phenoxy) is 1. The van der Waals surface area contributed by atoms with E-state index >= 15 is 0 Å². The van der Waals surface area contributed by atoms with Crippen LogP contribution in [0.25, 0.3) is 28.0 Å². The molecule has 4 aromatic rings. The Hall–Kier alpha value is -3.76. The van der Waals surface area contributed by atoms with E-state index in [9.17, 15) is 9.90 Å². The van der Waals surface area contributed by atoms with Gasteiger partial charge in [-0.15, -0.1) is 0 Å². The van der Waals surface area contributed by atoms with Gasteiger partial charge in [0.2, 0.25) is 5.91 Å². The summed E-state index contributed by atoms with van der Waals surface area (Å²) in [5.74, 6) is 0.350. The fourth-order valence-electron chi connectivity index (χ4n) is 5.60. The summed E-state index contributed by atoms with van der Waals surface area (Å²) in [5.41, 5.74) is 11.8. The predicted octanol–water partition coefficient (Wildman–Crippen LogP) is 2.85. The van der Waals surface area contributed by atoms with Gasteiger partial charge in [-0.3, -0.25) is 9.48 Å². The highest BCUT2D eigenvalue weighted by molar-refractivity contribution is 5.91. The Bertz CT molecular complexity index is 1420. The number of aromatic nitrogens is 5. The van der Waals surface area contributed by atoms with Gasteiger partial charge in [-0.2, -0.15) is 10.2 Å². The number of amides is 1. The molecule has 0 bridgehead atoms. The number of rotatable bonds is 4. The zero-order valence-corrected chi connectivity index (χ0v) is 20.1. The maximum atomic E-state index is 12.2. The lowest BCUT2D eigenvalue weighted by Crippen LogP contribution is -2.29. The molecule has 2 aliphatic rings. The minimum atomic E-state index is -0.527. The molecule has 36 heavy (non-hydrogen) atoms. The van der Waals surface area contributed by atoms with E-state index in [1.807, 2.05) is 35.0 Å². The number of carbonyl (C=O) groups is 1. The predicted molar refractivity (Wildman–Crippen MR) is 134 cm³/mol. The average Bonchev–Trinajstić information content (AvgIpc) is 3.62. The quantitative estimate of drug-likeness (QED) is 0.454. The van der Waals surface area contributed by atoms with Crippen molar-refractivity contribution in [3.8, 4) is 22.5 Å². The minimum absolute atomic E-state index is 0.0423. The van der Waals surface area contributed by atoms with E-state index in [1.54, 1.807) is 11.8 Å². The molecule has 3 N–H and O–H groups in total. The number of likely N-dealkylation sites (tertiary alicyclic amines) is 1. The number of hydrogen-bond acceptors (Lipinski definition) is 7. The van der Waals surface area contributed by atoms with Gasteiger partial charge in [-0.25, -0.2) is 9.50 Å². The van der Waals surface area contributed by atoms with Crippen molar-refractivity contribution in [3.05, 3.63) is 54.5 Å². The van der Waals surface area contributed by atoms with E-state index < -0.39 is 6.10 Å². The monoisotopic (exact) mass is 487 g/mol. The van der Waals surface area contributed by atoms with Gasteiger partial charge in [0.05, 0.1) is 29.6 Å². The van der Waals surface area contributed by atoms with E-state index in [0.717, 1.165) is 59.7 Å². The number of aliphatic hydroxyl groups excluding tert-OH is 1. The first-order valence-electron chi connectivity index (χ1n) is 12.3. The molecule has 10 nitrogen and oxygen atoms in total. The standard InChI is InChI=1S/C26H29N7O3/c1-16(34)31-14-20(35)12-23(31)17-3-2-4-18(11-17)24-13-21(25-26(27)28-15-30-33(24)25)22-5-8-29-32(22)19-6-9-36-10-7-19/h2-5,8,11,13,15,19-20,23,35H,6-7,9-10,12,14H2,1H3,(H2,27,28,30)/t20-,23-/m0/s1. The summed E-state index contributed by atoms with van der Waals surface area (Å²) in [4.78, 5) is 18.2. The number of aliphatic hydroxyl groups is 1. The summed E-state index contributed by atoms with van der Waals surface area (Å²) in [6, 6.07) is 12.2. The number of nitrogens with zero attached hydrogens (tertiary/aromatic N) is 6. The molecule has 0 aliphatic carbocycles. The highest BCUT2D eigenvalue weighted by Crippen LogP contribution is 2.38. The van der Waals surface area contributed by atoms with Crippen LogP contribution in [0, 0.1) is 0 Å². The van der Waals surface area contributed by atoms with Gasteiger partial charge < -0.3 is 20.5 Å². The van der Waals surface area contributed by atoms with Crippen molar-refractivity contribution in [2.24, 2.45) is 0 Å². The fraction of sp³-hybridized carbons (Fsp3) is 0.385. The van der Waals surface area contributed by atoms with E-state index in [-0.39, 0.29) is 18.0 Å². The highest BCUT2D eigenvalue weighted by atomic mass is 16.5. The number of nitrogens with two attached hydrogens (primary N) is 1. The van der Waals surface area contributed by atoms with Gasteiger partial charge in [0, 0.05) is 44.0 Å². The molecular formula is C26H29N7O3. The Morgan fingerprint density at radius 2 is 1.97 bits per heavy atom. The summed E-state index contributed by atoms with van der Waals surface area (Å²) >= 11 is 0. The van der Waals surface area contributed by atoms with Crippen LogP contribution in [0.3, 0.4) is 0 Å². The number of anilines is 1. The molecule has 0 radical (unpaired) electrons. The van der Waals surface area contributed by atoms with E-state index in [1.165, 1.54) is 6.33 Å². The van der Waals surface area contributed by atoms with Gasteiger partial charge in [0.25, 0.3) is 0 Å². The highest BCUT2D eigenvalue weighted by Gasteiger charge is 2.34. The molecule has 5 heterocycles. The van der Waals surface area contributed by atoms with Crippen LogP contribution in [0.2, 0.25) is 0 Å². The smallest absolute Gasteiger partial charge is 0.220 e. The second-order valence-corrected chi connectivity index (χ2v) is 9.56. The summed E-state index contributed by atoms with van der Waals surface area (Å²) in [7, 11) is 0.